The number of para-hydroxylation sites is 1. The molecule has 1 unspecified atom stereocenters. The third kappa shape index (κ3) is 3.23. The lowest BCUT2D eigenvalue weighted by atomic mass is 10.0. The molecule has 0 aliphatic heterocycles. The summed E-state index contributed by atoms with van der Waals surface area (Å²) in [5.41, 5.74) is 1.40. The number of ether oxygens (including phenoxy) is 1. The van der Waals surface area contributed by atoms with Crippen LogP contribution < -0.4 is 4.74 Å². The second kappa shape index (κ2) is 6.20. The zero-order valence-electron chi connectivity index (χ0n) is 10.8. The van der Waals surface area contributed by atoms with E-state index >= 15 is 0 Å². The predicted octanol–water partition coefficient (Wildman–Crippen LogP) is 2.46. The first-order valence-electron chi connectivity index (χ1n) is 6.16. The Balaban J connectivity index is 2.03. The summed E-state index contributed by atoms with van der Waals surface area (Å²) >= 11 is 0. The topological polar surface area (TPSA) is 62.6 Å². The van der Waals surface area contributed by atoms with E-state index in [1.165, 1.54) is 7.11 Å². The van der Waals surface area contributed by atoms with Crippen LogP contribution in [-0.4, -0.2) is 22.3 Å². The van der Waals surface area contributed by atoms with Crippen molar-refractivity contribution in [3.63, 3.8) is 0 Å². The average molecular weight is 259 g/mol. The van der Waals surface area contributed by atoms with E-state index in [2.05, 4.69) is 4.98 Å². The van der Waals surface area contributed by atoms with Gasteiger partial charge in [-0.15, -0.1) is 0 Å². The van der Waals surface area contributed by atoms with Crippen LogP contribution in [0.1, 0.15) is 23.8 Å². The first kappa shape index (κ1) is 13.4. The summed E-state index contributed by atoms with van der Waals surface area (Å²) in [6.07, 6.45) is 2.08. The summed E-state index contributed by atoms with van der Waals surface area (Å²) in [6, 6.07) is 10.8. The number of benzene rings is 1. The Morgan fingerprint density at radius 1 is 1.21 bits per heavy atom. The molecule has 0 radical (unpaired) electrons. The van der Waals surface area contributed by atoms with Crippen LogP contribution in [0.3, 0.4) is 0 Å². The third-order valence-electron chi connectivity index (χ3n) is 3.02. The van der Waals surface area contributed by atoms with Gasteiger partial charge < -0.3 is 14.9 Å². The number of methoxy groups -OCH3 is 1. The zero-order chi connectivity index (χ0) is 13.7. The number of rotatable bonds is 5. The van der Waals surface area contributed by atoms with Gasteiger partial charge in [0.25, 0.3) is 0 Å². The van der Waals surface area contributed by atoms with Gasteiger partial charge in [-0.3, -0.25) is 4.98 Å². The lowest BCUT2D eigenvalue weighted by Crippen LogP contribution is -2.02. The molecule has 0 bridgehead atoms. The van der Waals surface area contributed by atoms with Gasteiger partial charge in [0.15, 0.2) is 11.5 Å². The van der Waals surface area contributed by atoms with Crippen molar-refractivity contribution in [3.05, 3.63) is 53.9 Å². The van der Waals surface area contributed by atoms with Crippen molar-refractivity contribution in [1.29, 1.82) is 0 Å². The molecule has 0 saturated heterocycles. The fraction of sp³-hybridized carbons (Fsp3) is 0.267. The summed E-state index contributed by atoms with van der Waals surface area (Å²) in [4.78, 5) is 4.11. The summed E-state index contributed by atoms with van der Waals surface area (Å²) in [5, 5.41) is 20.0. The second-order valence-corrected chi connectivity index (χ2v) is 4.28. The molecule has 2 aromatic rings. The summed E-state index contributed by atoms with van der Waals surface area (Å²) < 4.78 is 5.05. The van der Waals surface area contributed by atoms with Gasteiger partial charge in [-0.25, -0.2) is 0 Å². The number of aromatic nitrogens is 1. The molecular weight excluding hydrogens is 242 g/mol. The van der Waals surface area contributed by atoms with Crippen LogP contribution in [0, 0.1) is 0 Å². The number of phenolic OH excluding ortho intramolecular Hbond substituents is 1. The second-order valence-electron chi connectivity index (χ2n) is 4.28. The number of aliphatic hydroxyl groups excluding tert-OH is 1. The third-order valence-corrected chi connectivity index (χ3v) is 3.02. The largest absolute Gasteiger partial charge is 0.504 e. The van der Waals surface area contributed by atoms with Crippen LogP contribution in [0.5, 0.6) is 11.5 Å². The standard InChI is InChI=1S/C15H17NO3/c1-19-14-7-4-5-11(15(14)18)8-9-13(17)12-6-2-3-10-16-12/h2-7,10,13,17-18H,8-9H2,1H3. The van der Waals surface area contributed by atoms with Crippen molar-refractivity contribution < 1.29 is 14.9 Å². The summed E-state index contributed by atoms with van der Waals surface area (Å²) in [5.74, 6) is 0.586. The molecule has 2 rings (SSSR count). The molecule has 4 heteroatoms. The normalized spacial score (nSPS) is 12.1. The number of hydrogen-bond acceptors (Lipinski definition) is 4. The average Bonchev–Trinajstić information content (AvgIpc) is 2.47. The molecule has 19 heavy (non-hydrogen) atoms. The SMILES string of the molecule is COc1cccc(CCC(O)c2ccccn2)c1O. The smallest absolute Gasteiger partial charge is 0.160 e. The molecule has 0 amide bonds. The van der Waals surface area contributed by atoms with Crippen LogP contribution >= 0.6 is 0 Å². The first-order valence-corrected chi connectivity index (χ1v) is 6.16. The van der Waals surface area contributed by atoms with Gasteiger partial charge in [0, 0.05) is 6.20 Å². The number of aliphatic hydroxyl groups is 1. The highest BCUT2D eigenvalue weighted by molar-refractivity contribution is 5.45. The summed E-state index contributed by atoms with van der Waals surface area (Å²) in [7, 11) is 1.52. The van der Waals surface area contributed by atoms with E-state index in [4.69, 9.17) is 4.74 Å². The molecule has 0 fully saturated rings. The van der Waals surface area contributed by atoms with Crippen molar-refractivity contribution in [2.75, 3.05) is 7.11 Å². The Kier molecular flexibility index (Phi) is 4.36. The van der Waals surface area contributed by atoms with E-state index in [9.17, 15) is 10.2 Å². The Hall–Kier alpha value is -2.07. The van der Waals surface area contributed by atoms with Gasteiger partial charge in [0.1, 0.15) is 0 Å². The fourth-order valence-electron chi connectivity index (χ4n) is 1.95. The first-order chi connectivity index (χ1) is 9.22. The molecule has 1 heterocycles. The monoisotopic (exact) mass is 259 g/mol. The number of aryl methyl sites for hydroxylation is 1. The Labute approximate surface area is 112 Å². The Morgan fingerprint density at radius 3 is 2.74 bits per heavy atom. The van der Waals surface area contributed by atoms with Gasteiger partial charge in [0.2, 0.25) is 0 Å². The minimum absolute atomic E-state index is 0.137. The Morgan fingerprint density at radius 2 is 2.05 bits per heavy atom. The van der Waals surface area contributed by atoms with Crippen molar-refractivity contribution in [2.45, 2.75) is 18.9 Å². The van der Waals surface area contributed by atoms with Crippen molar-refractivity contribution in [3.8, 4) is 11.5 Å². The molecule has 0 aliphatic carbocycles. The molecule has 2 N–H and O–H groups in total. The van der Waals surface area contributed by atoms with Crippen LogP contribution in [0.25, 0.3) is 0 Å². The Bertz CT molecular complexity index is 528. The van der Waals surface area contributed by atoms with Crippen molar-refractivity contribution in [2.24, 2.45) is 0 Å². The quantitative estimate of drug-likeness (QED) is 0.865. The van der Waals surface area contributed by atoms with Crippen LogP contribution in [0.2, 0.25) is 0 Å². The number of hydrogen-bond donors (Lipinski definition) is 2. The van der Waals surface area contributed by atoms with Crippen LogP contribution in [0.4, 0.5) is 0 Å². The highest BCUT2D eigenvalue weighted by Crippen LogP contribution is 2.31. The van der Waals surface area contributed by atoms with Gasteiger partial charge >= 0.3 is 0 Å². The maximum atomic E-state index is 10.0. The van der Waals surface area contributed by atoms with E-state index in [0.29, 0.717) is 24.3 Å². The van der Waals surface area contributed by atoms with Gasteiger partial charge in [-0.1, -0.05) is 18.2 Å². The van der Waals surface area contributed by atoms with Gasteiger partial charge in [-0.2, -0.15) is 0 Å². The van der Waals surface area contributed by atoms with Crippen molar-refractivity contribution in [1.82, 2.24) is 4.98 Å². The molecule has 0 spiro atoms. The molecule has 1 atom stereocenters. The number of pyridine rings is 1. The molecule has 100 valence electrons. The van der Waals surface area contributed by atoms with Crippen LogP contribution in [-0.2, 0) is 6.42 Å². The highest BCUT2D eigenvalue weighted by Gasteiger charge is 2.12. The van der Waals surface area contributed by atoms with Crippen molar-refractivity contribution >= 4 is 0 Å². The van der Waals surface area contributed by atoms with E-state index in [1.807, 2.05) is 24.3 Å². The molecule has 1 aromatic heterocycles. The lowest BCUT2D eigenvalue weighted by Gasteiger charge is -2.12. The molecule has 4 nitrogen and oxygen atoms in total. The zero-order valence-corrected chi connectivity index (χ0v) is 10.8. The molecular formula is C15H17NO3. The number of aromatic hydroxyl groups is 1. The molecule has 0 aliphatic rings. The molecule has 1 aromatic carbocycles. The number of nitrogens with zero attached hydrogens (tertiary/aromatic N) is 1. The fourth-order valence-corrected chi connectivity index (χ4v) is 1.95. The van der Waals surface area contributed by atoms with E-state index < -0.39 is 6.10 Å². The number of phenols is 1. The maximum Gasteiger partial charge on any atom is 0.160 e. The van der Waals surface area contributed by atoms with Crippen LogP contribution in [0.15, 0.2) is 42.6 Å². The molecule has 0 saturated carbocycles. The summed E-state index contributed by atoms with van der Waals surface area (Å²) in [6.45, 7) is 0. The predicted molar refractivity (Wildman–Crippen MR) is 72.2 cm³/mol. The minimum Gasteiger partial charge on any atom is -0.504 e. The highest BCUT2D eigenvalue weighted by atomic mass is 16.5. The lowest BCUT2D eigenvalue weighted by molar-refractivity contribution is 0.163. The minimum atomic E-state index is -0.633. The maximum absolute atomic E-state index is 10.0. The van der Waals surface area contributed by atoms with E-state index in [-0.39, 0.29) is 5.75 Å². The van der Waals surface area contributed by atoms with Gasteiger partial charge in [0.05, 0.1) is 18.9 Å². The van der Waals surface area contributed by atoms with E-state index in [1.54, 1.807) is 18.3 Å². The van der Waals surface area contributed by atoms with Gasteiger partial charge in [-0.05, 0) is 36.6 Å². The van der Waals surface area contributed by atoms with E-state index in [0.717, 1.165) is 5.56 Å².